The molecule has 20 heavy (non-hydrogen) atoms. The molecule has 1 fully saturated rings. The Balaban J connectivity index is 1.97. The first-order chi connectivity index (χ1) is 9.58. The Labute approximate surface area is 121 Å². The maximum Gasteiger partial charge on any atom is 0.213 e. The Morgan fingerprint density at radius 3 is 2.60 bits per heavy atom. The second-order valence-electron chi connectivity index (χ2n) is 5.64. The van der Waals surface area contributed by atoms with E-state index >= 15 is 0 Å². The molecule has 2 unspecified atom stereocenters. The molecule has 1 aliphatic rings. The van der Waals surface area contributed by atoms with E-state index in [4.69, 9.17) is 9.47 Å². The first kappa shape index (κ1) is 15.3. The maximum atomic E-state index is 6.02. The third-order valence-corrected chi connectivity index (χ3v) is 3.68. The molecule has 2 heterocycles. The van der Waals surface area contributed by atoms with Gasteiger partial charge in [0.2, 0.25) is 5.88 Å². The summed E-state index contributed by atoms with van der Waals surface area (Å²) in [6, 6.07) is 4.08. The lowest BCUT2D eigenvalue weighted by Crippen LogP contribution is -2.35. The summed E-state index contributed by atoms with van der Waals surface area (Å²) in [5, 5.41) is 3.32. The van der Waals surface area contributed by atoms with Crippen LogP contribution in [0.3, 0.4) is 0 Å². The van der Waals surface area contributed by atoms with Gasteiger partial charge < -0.3 is 14.8 Å². The number of hydrogen-bond donors (Lipinski definition) is 1. The van der Waals surface area contributed by atoms with Crippen molar-refractivity contribution in [2.75, 3.05) is 6.54 Å². The standard InChI is InChI=1S/C16H26N2O2/c1-5-17-10-14-6-7-16(18-13(14)4)20-15-8-11(2)19-12(3)9-15/h6-7,11-12,15,17H,5,8-10H2,1-4H3. The van der Waals surface area contributed by atoms with Crippen LogP contribution in [0.2, 0.25) is 0 Å². The minimum Gasteiger partial charge on any atom is -0.474 e. The molecule has 0 radical (unpaired) electrons. The normalized spacial score (nSPS) is 26.5. The van der Waals surface area contributed by atoms with Crippen LogP contribution >= 0.6 is 0 Å². The Kier molecular flexibility index (Phi) is 5.38. The predicted molar refractivity (Wildman–Crippen MR) is 80.0 cm³/mol. The number of ether oxygens (including phenoxy) is 2. The molecule has 1 aromatic rings. The van der Waals surface area contributed by atoms with Crippen molar-refractivity contribution < 1.29 is 9.47 Å². The number of hydrogen-bond acceptors (Lipinski definition) is 4. The van der Waals surface area contributed by atoms with E-state index in [1.54, 1.807) is 0 Å². The van der Waals surface area contributed by atoms with Crippen LogP contribution in [0.5, 0.6) is 5.88 Å². The minimum atomic E-state index is 0.209. The summed E-state index contributed by atoms with van der Waals surface area (Å²) in [5.41, 5.74) is 2.27. The van der Waals surface area contributed by atoms with Crippen LogP contribution in [0.4, 0.5) is 0 Å². The Morgan fingerprint density at radius 1 is 1.30 bits per heavy atom. The van der Waals surface area contributed by atoms with Gasteiger partial charge in [0.05, 0.1) is 12.2 Å². The molecule has 112 valence electrons. The van der Waals surface area contributed by atoms with Crippen LogP contribution in [-0.4, -0.2) is 29.8 Å². The average Bonchev–Trinajstić information content (AvgIpc) is 2.36. The van der Waals surface area contributed by atoms with Crippen LogP contribution in [0.15, 0.2) is 12.1 Å². The van der Waals surface area contributed by atoms with Crippen molar-refractivity contribution in [3.63, 3.8) is 0 Å². The molecule has 1 aromatic heterocycles. The second-order valence-corrected chi connectivity index (χ2v) is 5.64. The van der Waals surface area contributed by atoms with E-state index in [0.29, 0.717) is 0 Å². The molecule has 0 spiro atoms. The quantitative estimate of drug-likeness (QED) is 0.899. The molecule has 0 aliphatic carbocycles. The molecule has 0 amide bonds. The van der Waals surface area contributed by atoms with E-state index in [0.717, 1.165) is 37.5 Å². The summed E-state index contributed by atoms with van der Waals surface area (Å²) < 4.78 is 11.8. The van der Waals surface area contributed by atoms with Gasteiger partial charge in [0.25, 0.3) is 0 Å². The highest BCUT2D eigenvalue weighted by Crippen LogP contribution is 2.23. The molecule has 0 bridgehead atoms. The molecular weight excluding hydrogens is 252 g/mol. The summed E-state index contributed by atoms with van der Waals surface area (Å²) in [5.74, 6) is 0.731. The van der Waals surface area contributed by atoms with Crippen molar-refractivity contribution >= 4 is 0 Å². The molecule has 1 saturated heterocycles. The van der Waals surface area contributed by atoms with Crippen LogP contribution in [0.1, 0.15) is 44.9 Å². The number of nitrogens with one attached hydrogen (secondary N) is 1. The van der Waals surface area contributed by atoms with Crippen LogP contribution in [-0.2, 0) is 11.3 Å². The van der Waals surface area contributed by atoms with Gasteiger partial charge in [0.1, 0.15) is 6.10 Å². The molecule has 1 N–H and O–H groups in total. The highest BCUT2D eigenvalue weighted by molar-refractivity contribution is 5.25. The summed E-state index contributed by atoms with van der Waals surface area (Å²) in [4.78, 5) is 4.57. The summed E-state index contributed by atoms with van der Waals surface area (Å²) in [6.07, 6.45) is 2.60. The molecule has 0 aromatic carbocycles. The van der Waals surface area contributed by atoms with Crippen molar-refractivity contribution in [1.29, 1.82) is 0 Å². The van der Waals surface area contributed by atoms with Crippen molar-refractivity contribution in [3.05, 3.63) is 23.4 Å². The van der Waals surface area contributed by atoms with Gasteiger partial charge in [0.15, 0.2) is 0 Å². The van der Waals surface area contributed by atoms with Gasteiger partial charge in [-0.1, -0.05) is 13.0 Å². The van der Waals surface area contributed by atoms with Gasteiger partial charge in [-0.2, -0.15) is 0 Å². The van der Waals surface area contributed by atoms with Crippen molar-refractivity contribution in [2.45, 2.75) is 65.4 Å². The third kappa shape index (κ3) is 4.18. The fourth-order valence-electron chi connectivity index (χ4n) is 2.69. The number of rotatable bonds is 5. The Hall–Kier alpha value is -1.13. The van der Waals surface area contributed by atoms with Crippen LogP contribution < -0.4 is 10.1 Å². The lowest BCUT2D eigenvalue weighted by molar-refractivity contribution is -0.0729. The van der Waals surface area contributed by atoms with E-state index in [1.807, 2.05) is 13.0 Å². The summed E-state index contributed by atoms with van der Waals surface area (Å²) in [7, 11) is 0. The van der Waals surface area contributed by atoms with Gasteiger partial charge >= 0.3 is 0 Å². The maximum absolute atomic E-state index is 6.02. The van der Waals surface area contributed by atoms with E-state index in [9.17, 15) is 0 Å². The molecule has 0 saturated carbocycles. The fourth-order valence-corrected chi connectivity index (χ4v) is 2.69. The molecule has 2 atom stereocenters. The zero-order valence-electron chi connectivity index (χ0n) is 13.0. The SMILES string of the molecule is CCNCc1ccc(OC2CC(C)OC(C)C2)nc1C. The van der Waals surface area contributed by atoms with E-state index in [2.05, 4.69) is 37.1 Å². The molecule has 1 aliphatic heterocycles. The largest absolute Gasteiger partial charge is 0.474 e. The van der Waals surface area contributed by atoms with E-state index < -0.39 is 0 Å². The minimum absolute atomic E-state index is 0.209. The monoisotopic (exact) mass is 278 g/mol. The van der Waals surface area contributed by atoms with Crippen molar-refractivity contribution in [2.24, 2.45) is 0 Å². The lowest BCUT2D eigenvalue weighted by Gasteiger charge is -2.32. The van der Waals surface area contributed by atoms with E-state index in [-0.39, 0.29) is 18.3 Å². The summed E-state index contributed by atoms with van der Waals surface area (Å²) >= 11 is 0. The summed E-state index contributed by atoms with van der Waals surface area (Å²) in [6.45, 7) is 10.2. The topological polar surface area (TPSA) is 43.4 Å². The highest BCUT2D eigenvalue weighted by Gasteiger charge is 2.26. The predicted octanol–water partition coefficient (Wildman–Crippen LogP) is 2.83. The first-order valence-electron chi connectivity index (χ1n) is 7.57. The van der Waals surface area contributed by atoms with Gasteiger partial charge in [-0.25, -0.2) is 4.98 Å². The lowest BCUT2D eigenvalue weighted by atomic mass is 10.0. The highest BCUT2D eigenvalue weighted by atomic mass is 16.5. The van der Waals surface area contributed by atoms with Gasteiger partial charge in [-0.3, -0.25) is 0 Å². The van der Waals surface area contributed by atoms with Gasteiger partial charge in [-0.15, -0.1) is 0 Å². The molecular formula is C16H26N2O2. The number of aryl methyl sites for hydroxylation is 1. The Morgan fingerprint density at radius 2 is 2.00 bits per heavy atom. The molecule has 4 heteroatoms. The zero-order chi connectivity index (χ0) is 14.5. The molecule has 4 nitrogen and oxygen atoms in total. The fraction of sp³-hybridized carbons (Fsp3) is 0.688. The van der Waals surface area contributed by atoms with Crippen molar-refractivity contribution in [3.8, 4) is 5.88 Å². The van der Waals surface area contributed by atoms with E-state index in [1.165, 1.54) is 5.56 Å². The van der Waals surface area contributed by atoms with Gasteiger partial charge in [0, 0.05) is 31.1 Å². The zero-order valence-corrected chi connectivity index (χ0v) is 13.0. The average molecular weight is 278 g/mol. The number of nitrogens with zero attached hydrogens (tertiary/aromatic N) is 1. The third-order valence-electron chi connectivity index (χ3n) is 3.68. The van der Waals surface area contributed by atoms with Crippen molar-refractivity contribution in [1.82, 2.24) is 10.3 Å². The first-order valence-corrected chi connectivity index (χ1v) is 7.57. The number of pyridine rings is 1. The number of aromatic nitrogens is 1. The molecule has 2 rings (SSSR count). The Bertz CT molecular complexity index is 426. The second kappa shape index (κ2) is 7.04. The van der Waals surface area contributed by atoms with Gasteiger partial charge in [-0.05, 0) is 32.9 Å². The van der Waals surface area contributed by atoms with Crippen LogP contribution in [0.25, 0.3) is 0 Å². The van der Waals surface area contributed by atoms with Crippen LogP contribution in [0, 0.1) is 6.92 Å². The smallest absolute Gasteiger partial charge is 0.213 e.